The Morgan fingerprint density at radius 1 is 1.09 bits per heavy atom. The van der Waals surface area contributed by atoms with Crippen molar-refractivity contribution in [3.8, 4) is 5.75 Å². The van der Waals surface area contributed by atoms with Gasteiger partial charge in [-0.2, -0.15) is 5.10 Å². The second kappa shape index (κ2) is 11.7. The molecule has 0 spiro atoms. The predicted octanol–water partition coefficient (Wildman–Crippen LogP) is 2.78. The van der Waals surface area contributed by atoms with Crippen LogP contribution in [0.5, 0.6) is 5.75 Å². The summed E-state index contributed by atoms with van der Waals surface area (Å²) in [6.45, 7) is 5.16. The molecule has 0 radical (unpaired) electrons. The van der Waals surface area contributed by atoms with Gasteiger partial charge in [0.25, 0.3) is 0 Å². The van der Waals surface area contributed by atoms with E-state index < -0.39 is 0 Å². The highest BCUT2D eigenvalue weighted by Gasteiger charge is 2.35. The first-order chi connectivity index (χ1) is 16.5. The minimum Gasteiger partial charge on any atom is -0.490 e. The predicted molar refractivity (Wildman–Crippen MR) is 131 cm³/mol. The quantitative estimate of drug-likeness (QED) is 0.572. The van der Waals surface area contributed by atoms with Crippen molar-refractivity contribution in [3.05, 3.63) is 47.7 Å². The fraction of sp³-hybridized carbons (Fsp3) is 0.560. The Labute approximate surface area is 206 Å². The van der Waals surface area contributed by atoms with Gasteiger partial charge in [0.15, 0.2) is 0 Å². The Hall–Kier alpha value is -2.58. The summed E-state index contributed by atoms with van der Waals surface area (Å²) in [7, 11) is 2.08. The van der Waals surface area contributed by atoms with Gasteiger partial charge in [0.2, 0.25) is 11.8 Å². The number of aryl methyl sites for hydroxylation is 1. The van der Waals surface area contributed by atoms with Gasteiger partial charge in [0, 0.05) is 88.4 Å². The molecule has 4 rings (SSSR count). The highest BCUT2D eigenvalue weighted by Crippen LogP contribution is 2.28. The lowest BCUT2D eigenvalue weighted by molar-refractivity contribution is -0.140. The molecule has 2 aliphatic heterocycles. The molecule has 8 nitrogen and oxygen atoms in total. The number of likely N-dealkylation sites (tertiary alicyclic amines) is 1. The Morgan fingerprint density at radius 3 is 2.65 bits per heavy atom. The molecule has 2 fully saturated rings. The van der Waals surface area contributed by atoms with Crippen molar-refractivity contribution in [2.24, 2.45) is 5.92 Å². The molecule has 9 heteroatoms. The fourth-order valence-electron chi connectivity index (χ4n) is 4.70. The summed E-state index contributed by atoms with van der Waals surface area (Å²) in [4.78, 5) is 32.2. The molecule has 184 valence electrons. The second-order valence-electron chi connectivity index (χ2n) is 9.26. The van der Waals surface area contributed by atoms with Crippen LogP contribution in [0.2, 0.25) is 5.02 Å². The number of hydrogen-bond acceptors (Lipinski definition) is 5. The van der Waals surface area contributed by atoms with Crippen molar-refractivity contribution in [2.75, 3.05) is 46.3 Å². The van der Waals surface area contributed by atoms with Crippen molar-refractivity contribution >= 4 is 23.4 Å². The lowest BCUT2D eigenvalue weighted by Crippen LogP contribution is -2.51. The summed E-state index contributed by atoms with van der Waals surface area (Å²) in [5, 5.41) is 4.81. The van der Waals surface area contributed by atoms with Gasteiger partial charge in [0.05, 0.1) is 0 Å². The number of aromatic nitrogens is 2. The van der Waals surface area contributed by atoms with E-state index in [1.165, 1.54) is 0 Å². The summed E-state index contributed by atoms with van der Waals surface area (Å²) >= 11 is 6.14. The molecule has 2 amide bonds. The van der Waals surface area contributed by atoms with Gasteiger partial charge in [-0.25, -0.2) is 0 Å². The minimum absolute atomic E-state index is 0.0602. The summed E-state index contributed by atoms with van der Waals surface area (Å²) in [5.41, 5.74) is 0. The first-order valence-electron chi connectivity index (χ1n) is 12.1. The molecule has 0 unspecified atom stereocenters. The number of halogens is 1. The van der Waals surface area contributed by atoms with Crippen LogP contribution in [-0.4, -0.2) is 88.7 Å². The second-order valence-corrected chi connectivity index (χ2v) is 9.70. The number of piperazine rings is 1. The summed E-state index contributed by atoms with van der Waals surface area (Å²) in [6.07, 6.45) is 5.80. The molecule has 34 heavy (non-hydrogen) atoms. The van der Waals surface area contributed by atoms with E-state index in [1.807, 2.05) is 44.9 Å². The number of likely N-dealkylation sites (N-methyl/N-ethyl adjacent to an activating group) is 1. The molecule has 3 heterocycles. The number of piperidine rings is 1. The van der Waals surface area contributed by atoms with Crippen LogP contribution in [0, 0.1) is 5.92 Å². The van der Waals surface area contributed by atoms with E-state index >= 15 is 0 Å². The van der Waals surface area contributed by atoms with Crippen molar-refractivity contribution in [3.63, 3.8) is 0 Å². The molecule has 0 N–H and O–H groups in total. The van der Waals surface area contributed by atoms with Gasteiger partial charge < -0.3 is 19.4 Å². The third-order valence-electron chi connectivity index (χ3n) is 6.73. The van der Waals surface area contributed by atoms with E-state index in [0.29, 0.717) is 43.1 Å². The Balaban J connectivity index is 1.38. The number of ether oxygens (including phenoxy) is 1. The monoisotopic (exact) mass is 487 g/mol. The van der Waals surface area contributed by atoms with Gasteiger partial charge >= 0.3 is 0 Å². The van der Waals surface area contributed by atoms with Crippen LogP contribution in [0.4, 0.5) is 0 Å². The van der Waals surface area contributed by atoms with Crippen LogP contribution in [0.15, 0.2) is 42.7 Å². The zero-order valence-electron chi connectivity index (χ0n) is 19.8. The third kappa shape index (κ3) is 6.73. The van der Waals surface area contributed by atoms with E-state index in [2.05, 4.69) is 17.0 Å². The van der Waals surface area contributed by atoms with Crippen molar-refractivity contribution in [1.82, 2.24) is 24.5 Å². The first-order valence-corrected chi connectivity index (χ1v) is 12.5. The fourth-order valence-corrected chi connectivity index (χ4v) is 4.88. The Morgan fingerprint density at radius 2 is 1.91 bits per heavy atom. The SMILES string of the molecule is CN1CCN(C(=O)C[C@H]2CN(C(=O)CCCn3cccn3)CC[C@@H]2Oc2cccc(Cl)c2)CC1. The van der Waals surface area contributed by atoms with Gasteiger partial charge in [-0.15, -0.1) is 0 Å². The number of carbonyl (C=O) groups excluding carboxylic acids is 2. The summed E-state index contributed by atoms with van der Waals surface area (Å²) in [5.74, 6) is 0.916. The third-order valence-corrected chi connectivity index (χ3v) is 6.97. The molecule has 0 bridgehead atoms. The molecule has 1 aromatic heterocycles. The Kier molecular flexibility index (Phi) is 8.45. The molecule has 0 aliphatic carbocycles. The maximum Gasteiger partial charge on any atom is 0.223 e. The van der Waals surface area contributed by atoms with Gasteiger partial charge in [0.1, 0.15) is 11.9 Å². The van der Waals surface area contributed by atoms with E-state index in [-0.39, 0.29) is 23.8 Å². The minimum atomic E-state index is -0.136. The highest BCUT2D eigenvalue weighted by molar-refractivity contribution is 6.30. The van der Waals surface area contributed by atoms with Crippen LogP contribution in [-0.2, 0) is 16.1 Å². The Bertz CT molecular complexity index is 946. The standard InChI is InChI=1S/C25H34ClN5O3/c1-28-13-15-29(16-14-28)25(33)17-20-19-30(24(32)7-3-10-31-11-4-9-27-31)12-8-23(20)34-22-6-2-5-21(26)18-22/h2,4-6,9,11,18,20,23H,3,7-8,10,12-17,19H2,1H3/t20-,23-/m0/s1. The number of benzene rings is 1. The lowest BCUT2D eigenvalue weighted by Gasteiger charge is -2.40. The van der Waals surface area contributed by atoms with Gasteiger partial charge in [-0.05, 0) is 37.7 Å². The molecule has 2 aliphatic rings. The van der Waals surface area contributed by atoms with Crippen molar-refractivity contribution in [1.29, 1.82) is 0 Å². The van der Waals surface area contributed by atoms with Crippen LogP contribution >= 0.6 is 11.6 Å². The van der Waals surface area contributed by atoms with Crippen LogP contribution < -0.4 is 4.74 Å². The zero-order chi connectivity index (χ0) is 23.9. The lowest BCUT2D eigenvalue weighted by atomic mass is 9.90. The molecule has 1 aromatic carbocycles. The number of hydrogen-bond donors (Lipinski definition) is 0. The van der Waals surface area contributed by atoms with Gasteiger partial charge in [-0.1, -0.05) is 17.7 Å². The topological polar surface area (TPSA) is 70.9 Å². The van der Waals surface area contributed by atoms with Crippen molar-refractivity contribution in [2.45, 2.75) is 38.3 Å². The molecule has 2 atom stereocenters. The molecular weight excluding hydrogens is 454 g/mol. The van der Waals surface area contributed by atoms with E-state index in [0.717, 1.165) is 39.1 Å². The highest BCUT2D eigenvalue weighted by atomic mass is 35.5. The maximum atomic E-state index is 13.1. The van der Waals surface area contributed by atoms with Crippen molar-refractivity contribution < 1.29 is 14.3 Å². The molecular formula is C25H34ClN5O3. The average molecular weight is 488 g/mol. The zero-order valence-corrected chi connectivity index (χ0v) is 20.6. The van der Waals surface area contributed by atoms with E-state index in [4.69, 9.17) is 16.3 Å². The molecule has 2 saturated heterocycles. The smallest absolute Gasteiger partial charge is 0.223 e. The number of carbonyl (C=O) groups is 2. The number of rotatable bonds is 8. The summed E-state index contributed by atoms with van der Waals surface area (Å²) in [6, 6.07) is 9.24. The number of amides is 2. The van der Waals surface area contributed by atoms with Crippen LogP contribution in [0.25, 0.3) is 0 Å². The summed E-state index contributed by atoms with van der Waals surface area (Å²) < 4.78 is 8.14. The first kappa shape index (κ1) is 24.5. The maximum absolute atomic E-state index is 13.1. The molecule has 0 saturated carbocycles. The van der Waals surface area contributed by atoms with Crippen LogP contribution in [0.3, 0.4) is 0 Å². The largest absolute Gasteiger partial charge is 0.490 e. The molecule has 2 aromatic rings. The average Bonchev–Trinajstić information content (AvgIpc) is 3.34. The normalized spacial score (nSPS) is 21.5. The van der Waals surface area contributed by atoms with E-state index in [1.54, 1.807) is 12.3 Å². The van der Waals surface area contributed by atoms with Gasteiger partial charge in [-0.3, -0.25) is 14.3 Å². The van der Waals surface area contributed by atoms with E-state index in [9.17, 15) is 9.59 Å². The van der Waals surface area contributed by atoms with Crippen LogP contribution in [0.1, 0.15) is 25.7 Å². The number of nitrogens with zero attached hydrogens (tertiary/aromatic N) is 5.